The minimum absolute atomic E-state index is 0.0292. The van der Waals surface area contributed by atoms with Crippen molar-refractivity contribution in [1.29, 1.82) is 0 Å². The lowest BCUT2D eigenvalue weighted by Crippen LogP contribution is -2.52. The number of tetrazole rings is 1. The van der Waals surface area contributed by atoms with E-state index in [1.807, 2.05) is 0 Å². The van der Waals surface area contributed by atoms with Crippen LogP contribution in [0, 0.1) is 5.82 Å². The van der Waals surface area contributed by atoms with Crippen molar-refractivity contribution in [1.82, 2.24) is 25.5 Å². The van der Waals surface area contributed by atoms with Gasteiger partial charge in [0.1, 0.15) is 11.6 Å². The maximum Gasteiger partial charge on any atom is 0.573 e. The molecule has 3 atom stereocenters. The van der Waals surface area contributed by atoms with E-state index in [0.29, 0.717) is 16.8 Å². The van der Waals surface area contributed by atoms with Gasteiger partial charge in [0.25, 0.3) is 5.82 Å². The van der Waals surface area contributed by atoms with E-state index >= 15 is 0 Å². The summed E-state index contributed by atoms with van der Waals surface area (Å²) in [7, 11) is 0. The molecule has 3 aromatic rings. The summed E-state index contributed by atoms with van der Waals surface area (Å²) < 4.78 is 109. The van der Waals surface area contributed by atoms with Crippen molar-refractivity contribution in [2.24, 2.45) is 0 Å². The van der Waals surface area contributed by atoms with Crippen molar-refractivity contribution in [3.8, 4) is 11.4 Å². The highest BCUT2D eigenvalue weighted by molar-refractivity contribution is 5.47. The van der Waals surface area contributed by atoms with Crippen LogP contribution >= 0.6 is 0 Å². The lowest BCUT2D eigenvalue weighted by Gasteiger charge is -2.41. The smallest absolute Gasteiger partial charge is 0.405 e. The molecule has 1 spiro atoms. The van der Waals surface area contributed by atoms with Crippen LogP contribution in [0.3, 0.4) is 0 Å². The van der Waals surface area contributed by atoms with Crippen molar-refractivity contribution in [3.05, 3.63) is 65.2 Å². The van der Waals surface area contributed by atoms with E-state index in [-0.39, 0.29) is 30.9 Å². The minimum Gasteiger partial charge on any atom is -0.405 e. The van der Waals surface area contributed by atoms with Gasteiger partial charge in [0.2, 0.25) is 0 Å². The van der Waals surface area contributed by atoms with Crippen LogP contribution in [-0.4, -0.2) is 52.1 Å². The molecule has 0 radical (unpaired) electrons. The summed E-state index contributed by atoms with van der Waals surface area (Å²) in [6, 6.07) is 8.00. The third kappa shape index (κ3) is 5.10. The normalized spacial score (nSPS) is 24.5. The van der Waals surface area contributed by atoms with Crippen LogP contribution in [0.4, 0.5) is 30.7 Å². The average molecular weight is 533 g/mol. The number of nitrogens with zero attached hydrogens (tertiary/aromatic N) is 4. The monoisotopic (exact) mass is 533 g/mol. The summed E-state index contributed by atoms with van der Waals surface area (Å²) in [6.45, 7) is 0.546. The highest BCUT2D eigenvalue weighted by Gasteiger charge is 2.51. The largest absolute Gasteiger partial charge is 0.573 e. The van der Waals surface area contributed by atoms with Crippen LogP contribution in [0.5, 0.6) is 5.75 Å². The Morgan fingerprint density at radius 1 is 1.03 bits per heavy atom. The molecule has 8 nitrogen and oxygen atoms in total. The molecule has 1 aromatic heterocycles. The van der Waals surface area contributed by atoms with E-state index < -0.39 is 47.7 Å². The molecule has 0 aliphatic carbocycles. The predicted molar refractivity (Wildman–Crippen MR) is 110 cm³/mol. The molecule has 3 heterocycles. The Kier molecular flexibility index (Phi) is 6.32. The van der Waals surface area contributed by atoms with Gasteiger partial charge in [0.05, 0.1) is 24.9 Å². The molecule has 3 unspecified atom stereocenters. The molecule has 5 rings (SSSR count). The van der Waals surface area contributed by atoms with E-state index in [0.717, 1.165) is 18.2 Å². The Bertz CT molecular complexity index is 1260. The molecule has 1 N–H and O–H groups in total. The highest BCUT2D eigenvalue weighted by atomic mass is 19.4. The van der Waals surface area contributed by atoms with E-state index in [9.17, 15) is 30.7 Å². The Balaban J connectivity index is 1.52. The van der Waals surface area contributed by atoms with Crippen LogP contribution in [0.1, 0.15) is 35.3 Å². The number of benzene rings is 2. The fraction of sp³-hybridized carbons (Fsp3) is 0.409. The maximum atomic E-state index is 13.5. The van der Waals surface area contributed by atoms with Crippen LogP contribution in [-0.2, 0) is 15.7 Å². The highest BCUT2D eigenvalue weighted by Crippen LogP contribution is 2.48. The third-order valence-corrected chi connectivity index (χ3v) is 6.13. The van der Waals surface area contributed by atoms with Crippen molar-refractivity contribution in [2.75, 3.05) is 19.8 Å². The first kappa shape index (κ1) is 25.4. The zero-order valence-corrected chi connectivity index (χ0v) is 18.7. The molecule has 37 heavy (non-hydrogen) atoms. The maximum absolute atomic E-state index is 13.5. The predicted octanol–water partition coefficient (Wildman–Crippen LogP) is 4.28. The summed E-state index contributed by atoms with van der Waals surface area (Å²) in [6.07, 6.45) is -9.93. The van der Waals surface area contributed by atoms with E-state index in [1.54, 1.807) is 0 Å². The van der Waals surface area contributed by atoms with Gasteiger partial charge < -0.3 is 19.5 Å². The zero-order chi connectivity index (χ0) is 26.4. The summed E-state index contributed by atoms with van der Waals surface area (Å²) in [5.41, 5.74) is 0.341. The van der Waals surface area contributed by atoms with Crippen molar-refractivity contribution < 1.29 is 44.9 Å². The fourth-order valence-corrected chi connectivity index (χ4v) is 4.64. The zero-order valence-electron chi connectivity index (χ0n) is 18.7. The summed E-state index contributed by atoms with van der Waals surface area (Å²) >= 11 is 0. The second-order valence-electron chi connectivity index (χ2n) is 8.49. The quantitative estimate of drug-likeness (QED) is 0.502. The van der Waals surface area contributed by atoms with E-state index in [4.69, 9.17) is 9.47 Å². The topological polar surface area (TPSA) is 83.3 Å². The van der Waals surface area contributed by atoms with Crippen molar-refractivity contribution >= 4 is 0 Å². The molecular weight excluding hydrogens is 515 g/mol. The molecule has 0 amide bonds. The van der Waals surface area contributed by atoms with Gasteiger partial charge in [-0.15, -0.1) is 18.3 Å². The minimum atomic E-state index is -5.06. The first-order valence-electron chi connectivity index (χ1n) is 11.0. The first-order valence-corrected chi connectivity index (χ1v) is 11.0. The van der Waals surface area contributed by atoms with Gasteiger partial charge in [-0.25, -0.2) is 4.39 Å². The van der Waals surface area contributed by atoms with E-state index in [1.165, 1.54) is 24.3 Å². The number of morpholine rings is 1. The average Bonchev–Trinajstić information content (AvgIpc) is 3.48. The standard InChI is InChI=1S/C22H18F7N5O3/c23-14-3-1-12(2-4-14)18-20(35-8-7-30-18)10-13(11-36-20)16-9-15(5-6-17(16)37-22(27,28)29)34-19(21(24,25)26)31-32-33-34/h1-6,9,13,18,30H,7-8,10-11H2. The Morgan fingerprint density at radius 2 is 1.78 bits per heavy atom. The number of hydrogen-bond acceptors (Lipinski definition) is 7. The number of aromatic nitrogens is 4. The number of halogens is 7. The molecular formula is C22H18F7N5O3. The van der Waals surface area contributed by atoms with Gasteiger partial charge in [0.15, 0.2) is 5.79 Å². The van der Waals surface area contributed by atoms with Gasteiger partial charge in [-0.2, -0.15) is 17.9 Å². The third-order valence-electron chi connectivity index (χ3n) is 6.13. The van der Waals surface area contributed by atoms with Crippen LogP contribution in [0.15, 0.2) is 42.5 Å². The van der Waals surface area contributed by atoms with Gasteiger partial charge in [0, 0.05) is 24.4 Å². The second-order valence-corrected chi connectivity index (χ2v) is 8.49. The lowest BCUT2D eigenvalue weighted by atomic mass is 9.87. The molecule has 2 aromatic carbocycles. The SMILES string of the molecule is Fc1ccc(C2NCCOC23CC(c2cc(-n4nnnc4C(F)(F)F)ccc2OC(F)(F)F)CO3)cc1. The van der Waals surface area contributed by atoms with E-state index in [2.05, 4.69) is 25.6 Å². The van der Waals surface area contributed by atoms with Gasteiger partial charge in [-0.05, 0) is 46.3 Å². The molecule has 2 aliphatic heterocycles. The van der Waals surface area contributed by atoms with Crippen LogP contribution in [0.2, 0.25) is 0 Å². The molecule has 198 valence electrons. The molecule has 2 fully saturated rings. The van der Waals surface area contributed by atoms with Gasteiger partial charge in [-0.1, -0.05) is 12.1 Å². The molecule has 0 bridgehead atoms. The molecule has 2 saturated heterocycles. The lowest BCUT2D eigenvalue weighted by molar-refractivity contribution is -0.275. The van der Waals surface area contributed by atoms with Crippen LogP contribution in [0.25, 0.3) is 5.69 Å². The molecule has 15 heteroatoms. The van der Waals surface area contributed by atoms with Crippen LogP contribution < -0.4 is 10.1 Å². The Labute approximate surface area is 204 Å². The Morgan fingerprint density at radius 3 is 2.49 bits per heavy atom. The van der Waals surface area contributed by atoms with Gasteiger partial charge >= 0.3 is 12.5 Å². The van der Waals surface area contributed by atoms with Gasteiger partial charge in [-0.3, -0.25) is 0 Å². The first-order chi connectivity index (χ1) is 17.5. The Hall–Kier alpha value is -3.30. The summed E-state index contributed by atoms with van der Waals surface area (Å²) in [5.74, 6) is -4.60. The number of ether oxygens (including phenoxy) is 3. The number of alkyl halides is 6. The van der Waals surface area contributed by atoms with Crippen molar-refractivity contribution in [2.45, 2.75) is 36.7 Å². The molecule has 2 aliphatic rings. The number of rotatable bonds is 4. The van der Waals surface area contributed by atoms with Crippen molar-refractivity contribution in [3.63, 3.8) is 0 Å². The number of nitrogens with one attached hydrogen (secondary N) is 1. The summed E-state index contributed by atoms with van der Waals surface area (Å²) in [4.78, 5) is 0. The fourth-order valence-electron chi connectivity index (χ4n) is 4.64. The summed E-state index contributed by atoms with van der Waals surface area (Å²) in [5, 5.41) is 12.6. The second kappa shape index (κ2) is 9.22. The molecule has 0 saturated carbocycles. The number of hydrogen-bond donors (Lipinski definition) is 1.